The van der Waals surface area contributed by atoms with E-state index >= 15 is 0 Å². The first kappa shape index (κ1) is 26.3. The molecule has 0 aromatic heterocycles. The van der Waals surface area contributed by atoms with Crippen molar-refractivity contribution in [3.8, 4) is 0 Å². The Morgan fingerprint density at radius 3 is 1.93 bits per heavy atom. The van der Waals surface area contributed by atoms with Crippen molar-refractivity contribution < 1.29 is 29.4 Å². The van der Waals surface area contributed by atoms with Crippen molar-refractivity contribution in [3.63, 3.8) is 0 Å². The molecule has 27 heavy (non-hydrogen) atoms. The van der Waals surface area contributed by atoms with E-state index in [2.05, 4.69) is 10.3 Å². The van der Waals surface area contributed by atoms with E-state index in [0.29, 0.717) is 19.4 Å². The zero-order valence-corrected chi connectivity index (χ0v) is 15.1. The van der Waals surface area contributed by atoms with Crippen molar-refractivity contribution in [2.24, 2.45) is 33.7 Å². The highest BCUT2D eigenvalue weighted by Gasteiger charge is 2.21. The fraction of sp³-hybridized carbons (Fsp3) is 0.643. The number of nitrogens with two attached hydrogens (primary N) is 5. The highest BCUT2D eigenvalue weighted by atomic mass is 16.4. The minimum Gasteiger partial charge on any atom is -0.480 e. The first-order valence-electron chi connectivity index (χ1n) is 7.99. The summed E-state index contributed by atoms with van der Waals surface area (Å²) in [7, 11) is 0. The summed E-state index contributed by atoms with van der Waals surface area (Å²) in [5.41, 5.74) is 25.4. The average Bonchev–Trinajstić information content (AvgIpc) is 2.54. The summed E-state index contributed by atoms with van der Waals surface area (Å²) in [4.78, 5) is 46.1. The number of nitrogens with one attached hydrogen (secondary N) is 1. The topological polar surface area (TPSA) is 263 Å². The number of carboxylic acid groups (broad SMARTS) is 2. The Hall–Kier alpha value is -2.93. The molecule has 0 aromatic rings. The largest absolute Gasteiger partial charge is 0.480 e. The molecule has 0 rings (SSSR count). The maximum atomic E-state index is 11.1. The summed E-state index contributed by atoms with van der Waals surface area (Å²) in [5, 5.41) is 19.3. The first-order valence-corrected chi connectivity index (χ1v) is 7.99. The second kappa shape index (κ2) is 14.3. The molecule has 0 radical (unpaired) electrons. The standard InChI is InChI=1S/C8H15N3O4.C6H14N4O2/c1-4(9)7(13)11-5(8(14)15)2-3-6(10)12;7-4(5(11)12)2-1-3-10-6(8)9/h4-5H,2-3,9H2,1H3,(H2,10,12)(H,11,13)(H,14,15);4H,1-3,7H2,(H,11,12)(H4,8,9,10)/t4-,5-;4-/m00/s1. The number of hydrogen-bond donors (Lipinski definition) is 8. The zero-order valence-electron chi connectivity index (χ0n) is 15.1. The van der Waals surface area contributed by atoms with Crippen LogP contribution in [0.1, 0.15) is 32.6 Å². The first-order chi connectivity index (χ1) is 12.4. The number of rotatable bonds is 11. The molecule has 156 valence electrons. The Morgan fingerprint density at radius 2 is 1.56 bits per heavy atom. The van der Waals surface area contributed by atoms with Crippen LogP contribution in [0, 0.1) is 0 Å². The van der Waals surface area contributed by atoms with Crippen molar-refractivity contribution in [3.05, 3.63) is 0 Å². The van der Waals surface area contributed by atoms with E-state index in [1.54, 1.807) is 0 Å². The SMILES string of the molecule is C[C@H](N)C(=O)N[C@@H](CCC(N)=O)C(=O)O.NC(N)=NCCC[C@H](N)C(=O)O. The molecule has 0 saturated carbocycles. The van der Waals surface area contributed by atoms with Gasteiger partial charge in [-0.3, -0.25) is 19.4 Å². The van der Waals surface area contributed by atoms with E-state index in [4.69, 9.17) is 38.9 Å². The number of carboxylic acids is 2. The van der Waals surface area contributed by atoms with Gasteiger partial charge in [-0.15, -0.1) is 0 Å². The third kappa shape index (κ3) is 16.3. The molecular formula is C14H29N7O6. The van der Waals surface area contributed by atoms with Crippen LogP contribution in [0.3, 0.4) is 0 Å². The monoisotopic (exact) mass is 391 g/mol. The number of aliphatic carboxylic acids is 2. The van der Waals surface area contributed by atoms with Gasteiger partial charge in [-0.2, -0.15) is 0 Å². The lowest BCUT2D eigenvalue weighted by molar-refractivity contribution is -0.142. The Balaban J connectivity index is 0. The van der Waals surface area contributed by atoms with Gasteiger partial charge in [0.2, 0.25) is 11.8 Å². The number of carbonyl (C=O) groups excluding carboxylic acids is 2. The van der Waals surface area contributed by atoms with E-state index in [1.807, 2.05) is 0 Å². The van der Waals surface area contributed by atoms with Crippen molar-refractivity contribution >= 4 is 29.7 Å². The molecule has 3 atom stereocenters. The summed E-state index contributed by atoms with van der Waals surface area (Å²) < 4.78 is 0. The number of nitrogens with zero attached hydrogens (tertiary/aromatic N) is 1. The third-order valence-electron chi connectivity index (χ3n) is 2.99. The van der Waals surface area contributed by atoms with Gasteiger partial charge in [0.25, 0.3) is 0 Å². The quantitative estimate of drug-likeness (QED) is 0.0983. The molecule has 13 heteroatoms. The van der Waals surface area contributed by atoms with Gasteiger partial charge in [-0.05, 0) is 26.2 Å². The van der Waals surface area contributed by atoms with Crippen LogP contribution in [0.4, 0.5) is 0 Å². The Morgan fingerprint density at radius 1 is 1.00 bits per heavy atom. The fourth-order valence-electron chi connectivity index (χ4n) is 1.49. The van der Waals surface area contributed by atoms with E-state index in [9.17, 15) is 19.2 Å². The molecule has 0 unspecified atom stereocenters. The van der Waals surface area contributed by atoms with Gasteiger partial charge in [0.1, 0.15) is 12.1 Å². The van der Waals surface area contributed by atoms with Gasteiger partial charge in [0, 0.05) is 13.0 Å². The van der Waals surface area contributed by atoms with Gasteiger partial charge in [-0.1, -0.05) is 0 Å². The summed E-state index contributed by atoms with van der Waals surface area (Å²) >= 11 is 0. The highest BCUT2D eigenvalue weighted by Crippen LogP contribution is 1.98. The molecule has 0 bridgehead atoms. The summed E-state index contributed by atoms with van der Waals surface area (Å²) in [6.07, 6.45) is 0.816. The minimum atomic E-state index is -1.22. The molecule has 0 aromatic carbocycles. The zero-order chi connectivity index (χ0) is 21.6. The lowest BCUT2D eigenvalue weighted by Crippen LogP contribution is -2.47. The summed E-state index contributed by atoms with van der Waals surface area (Å²) in [6, 6.07) is -2.74. The third-order valence-corrected chi connectivity index (χ3v) is 2.99. The van der Waals surface area contributed by atoms with Gasteiger partial charge in [-0.25, -0.2) is 4.79 Å². The van der Waals surface area contributed by atoms with E-state index in [-0.39, 0.29) is 18.8 Å². The Bertz CT molecular complexity index is 534. The number of primary amides is 1. The van der Waals surface area contributed by atoms with Crippen LogP contribution in [0.5, 0.6) is 0 Å². The van der Waals surface area contributed by atoms with Crippen LogP contribution in [0.25, 0.3) is 0 Å². The molecule has 13 nitrogen and oxygen atoms in total. The number of guanidine groups is 1. The molecule has 0 spiro atoms. The van der Waals surface area contributed by atoms with Gasteiger partial charge >= 0.3 is 11.9 Å². The number of aliphatic imine (C=N–C) groups is 1. The lowest BCUT2D eigenvalue weighted by Gasteiger charge is -2.14. The molecule has 0 aliphatic carbocycles. The van der Waals surface area contributed by atoms with Crippen molar-refractivity contribution in [2.45, 2.75) is 50.7 Å². The maximum Gasteiger partial charge on any atom is 0.326 e. The predicted molar refractivity (Wildman–Crippen MR) is 97.2 cm³/mol. The number of carbonyl (C=O) groups is 4. The van der Waals surface area contributed by atoms with Crippen LogP contribution in [-0.4, -0.2) is 64.6 Å². The van der Waals surface area contributed by atoms with Gasteiger partial charge in [0.05, 0.1) is 6.04 Å². The van der Waals surface area contributed by atoms with Crippen LogP contribution in [0.2, 0.25) is 0 Å². The molecule has 0 heterocycles. The normalized spacial score (nSPS) is 13.1. The average molecular weight is 391 g/mol. The van der Waals surface area contributed by atoms with Crippen LogP contribution in [0.15, 0.2) is 4.99 Å². The second-order valence-electron chi connectivity index (χ2n) is 5.59. The fourth-order valence-corrected chi connectivity index (χ4v) is 1.49. The molecule has 13 N–H and O–H groups in total. The second-order valence-corrected chi connectivity index (χ2v) is 5.59. The minimum absolute atomic E-state index is 0.0129. The predicted octanol–water partition coefficient (Wildman–Crippen LogP) is -3.38. The van der Waals surface area contributed by atoms with E-state index in [0.717, 1.165) is 0 Å². The molecule has 0 fully saturated rings. The number of amides is 2. The molecule has 2 amide bonds. The Labute approximate surface area is 156 Å². The highest BCUT2D eigenvalue weighted by molar-refractivity contribution is 5.86. The molecule has 0 aliphatic rings. The van der Waals surface area contributed by atoms with Crippen LogP contribution in [-0.2, 0) is 19.2 Å². The van der Waals surface area contributed by atoms with Crippen LogP contribution < -0.4 is 34.0 Å². The molecular weight excluding hydrogens is 362 g/mol. The Kier molecular flexibility index (Phi) is 13.9. The van der Waals surface area contributed by atoms with Crippen molar-refractivity contribution in [1.29, 1.82) is 0 Å². The molecule has 0 aliphatic heterocycles. The summed E-state index contributed by atoms with van der Waals surface area (Å²) in [6.45, 7) is 1.85. The van der Waals surface area contributed by atoms with Crippen molar-refractivity contribution in [2.75, 3.05) is 6.54 Å². The van der Waals surface area contributed by atoms with Crippen LogP contribution >= 0.6 is 0 Å². The van der Waals surface area contributed by atoms with Gasteiger partial charge in [0.15, 0.2) is 5.96 Å². The molecule has 0 saturated heterocycles. The van der Waals surface area contributed by atoms with E-state index < -0.39 is 41.9 Å². The van der Waals surface area contributed by atoms with E-state index in [1.165, 1.54) is 6.92 Å². The van der Waals surface area contributed by atoms with Gasteiger partial charge < -0.3 is 44.2 Å². The van der Waals surface area contributed by atoms with Crippen molar-refractivity contribution in [1.82, 2.24) is 5.32 Å². The smallest absolute Gasteiger partial charge is 0.326 e. The maximum absolute atomic E-state index is 11.1. The lowest BCUT2D eigenvalue weighted by atomic mass is 10.1. The summed E-state index contributed by atoms with van der Waals surface area (Å²) in [5.74, 6) is -3.40. The number of hydrogen-bond acceptors (Lipinski definition) is 7.